The minimum atomic E-state index is -0.919. The second-order valence-electron chi connectivity index (χ2n) is 9.00. The Balaban J connectivity index is 1.56. The van der Waals surface area contributed by atoms with E-state index in [0.29, 0.717) is 18.6 Å². The number of nitroso groups, excluding NO2 is 1. The van der Waals surface area contributed by atoms with Crippen LogP contribution in [0.3, 0.4) is 0 Å². The van der Waals surface area contributed by atoms with Crippen molar-refractivity contribution in [1.29, 1.82) is 0 Å². The zero-order chi connectivity index (χ0) is 17.7. The average molecular weight is 356 g/mol. The molecule has 138 valence electrons. The first-order valence-electron chi connectivity index (χ1n) is 9.89. The molecule has 1 aromatic rings. The van der Waals surface area contributed by atoms with E-state index in [4.69, 9.17) is 4.74 Å². The Hall–Kier alpha value is -1.66. The quantitative estimate of drug-likeness (QED) is 0.811. The van der Waals surface area contributed by atoms with Crippen molar-refractivity contribution in [3.63, 3.8) is 0 Å². The molecule has 2 bridgehead atoms. The van der Waals surface area contributed by atoms with E-state index in [1.54, 1.807) is 6.07 Å². The first-order chi connectivity index (χ1) is 12.6. The second kappa shape index (κ2) is 4.78. The molecule has 5 unspecified atom stereocenters. The van der Waals surface area contributed by atoms with Crippen LogP contribution in [0.25, 0.3) is 0 Å². The summed E-state index contributed by atoms with van der Waals surface area (Å²) in [6, 6.07) is 3.26. The summed E-state index contributed by atoms with van der Waals surface area (Å²) >= 11 is 0. The third kappa shape index (κ3) is 1.62. The lowest BCUT2D eigenvalue weighted by molar-refractivity contribution is -0.189. The van der Waals surface area contributed by atoms with Crippen molar-refractivity contribution in [2.45, 2.75) is 67.7 Å². The maximum Gasteiger partial charge on any atom is 0.165 e. The largest absolute Gasteiger partial charge is 0.504 e. The summed E-state index contributed by atoms with van der Waals surface area (Å²) < 4.78 is 6.18. The molecule has 3 aliphatic carbocycles. The number of aromatic hydroxyl groups is 1. The number of phenols is 1. The van der Waals surface area contributed by atoms with E-state index in [1.807, 2.05) is 6.07 Å². The fourth-order valence-electron chi connectivity index (χ4n) is 6.56. The van der Waals surface area contributed by atoms with Gasteiger partial charge in [0.05, 0.1) is 11.0 Å². The molecule has 3 fully saturated rings. The van der Waals surface area contributed by atoms with Gasteiger partial charge >= 0.3 is 0 Å². The Morgan fingerprint density at radius 3 is 2.88 bits per heavy atom. The van der Waals surface area contributed by atoms with Crippen molar-refractivity contribution in [1.82, 2.24) is 4.90 Å². The van der Waals surface area contributed by atoms with Crippen LogP contribution < -0.4 is 4.74 Å². The highest BCUT2D eigenvalue weighted by molar-refractivity contribution is 5.62. The van der Waals surface area contributed by atoms with Crippen LogP contribution in [0.4, 0.5) is 0 Å². The third-order valence-corrected chi connectivity index (χ3v) is 7.87. The van der Waals surface area contributed by atoms with E-state index < -0.39 is 23.2 Å². The number of hydrogen-bond donors (Lipinski definition) is 2. The van der Waals surface area contributed by atoms with Crippen molar-refractivity contribution in [3.05, 3.63) is 28.2 Å². The summed E-state index contributed by atoms with van der Waals surface area (Å²) in [5.74, 6) is 1.36. The molecule has 2 aliphatic heterocycles. The number of phenolic OH excluding ortho intramolecular Hbond substituents is 1. The molecule has 2 N–H and O–H groups in total. The van der Waals surface area contributed by atoms with Crippen LogP contribution in [0.1, 0.15) is 43.2 Å². The number of rotatable bonds is 3. The van der Waals surface area contributed by atoms with Crippen LogP contribution >= 0.6 is 0 Å². The lowest BCUT2D eigenvalue weighted by Crippen LogP contribution is -2.77. The first kappa shape index (κ1) is 15.4. The van der Waals surface area contributed by atoms with Gasteiger partial charge in [-0.15, -0.1) is 0 Å². The van der Waals surface area contributed by atoms with Gasteiger partial charge in [0.2, 0.25) is 0 Å². The highest BCUT2D eigenvalue weighted by Crippen LogP contribution is 2.65. The third-order valence-electron chi connectivity index (χ3n) is 7.87. The van der Waals surface area contributed by atoms with Gasteiger partial charge in [0, 0.05) is 18.2 Å². The lowest BCUT2D eigenvalue weighted by atomic mass is 9.48. The van der Waals surface area contributed by atoms with E-state index >= 15 is 0 Å². The van der Waals surface area contributed by atoms with E-state index in [2.05, 4.69) is 10.1 Å². The molecule has 6 heteroatoms. The highest BCUT2D eigenvalue weighted by atomic mass is 16.5. The van der Waals surface area contributed by atoms with E-state index in [1.165, 1.54) is 12.8 Å². The molecule has 5 atom stereocenters. The van der Waals surface area contributed by atoms with Crippen molar-refractivity contribution >= 4 is 0 Å². The normalized spacial score (nSPS) is 42.9. The summed E-state index contributed by atoms with van der Waals surface area (Å²) in [7, 11) is 0. The monoisotopic (exact) mass is 356 g/mol. The van der Waals surface area contributed by atoms with Gasteiger partial charge in [-0.3, -0.25) is 4.90 Å². The molecule has 2 saturated carbocycles. The average Bonchev–Trinajstić information content (AvgIpc) is 3.37. The van der Waals surface area contributed by atoms with Crippen LogP contribution in [-0.4, -0.2) is 52.0 Å². The molecule has 1 spiro atoms. The number of hydrogen-bond acceptors (Lipinski definition) is 6. The molecule has 5 aliphatic rings. The van der Waals surface area contributed by atoms with Crippen LogP contribution in [0, 0.1) is 10.8 Å². The summed E-state index contributed by atoms with van der Waals surface area (Å²) in [4.78, 5) is 14.0. The van der Waals surface area contributed by atoms with Gasteiger partial charge < -0.3 is 14.9 Å². The van der Waals surface area contributed by atoms with Crippen LogP contribution in [-0.2, 0) is 11.8 Å². The van der Waals surface area contributed by atoms with Crippen LogP contribution in [0.2, 0.25) is 0 Å². The Kier molecular flexibility index (Phi) is 2.83. The van der Waals surface area contributed by atoms with Gasteiger partial charge in [-0.1, -0.05) is 11.2 Å². The summed E-state index contributed by atoms with van der Waals surface area (Å²) in [5.41, 5.74) is 0.580. The van der Waals surface area contributed by atoms with Gasteiger partial charge in [-0.05, 0) is 62.6 Å². The molecule has 1 saturated heterocycles. The zero-order valence-electron chi connectivity index (χ0n) is 14.7. The number of benzene rings is 1. The number of piperidine rings is 1. The Morgan fingerprint density at radius 1 is 1.27 bits per heavy atom. The van der Waals surface area contributed by atoms with E-state index in [9.17, 15) is 15.1 Å². The van der Waals surface area contributed by atoms with E-state index in [0.717, 1.165) is 43.0 Å². The Labute approximate surface area is 152 Å². The Bertz CT molecular complexity index is 809. The molecular weight excluding hydrogens is 332 g/mol. The van der Waals surface area contributed by atoms with Crippen molar-refractivity contribution in [3.8, 4) is 11.5 Å². The second-order valence-corrected chi connectivity index (χ2v) is 9.00. The summed E-state index contributed by atoms with van der Waals surface area (Å²) in [6.45, 7) is 1.97. The molecule has 6 rings (SSSR count). The van der Waals surface area contributed by atoms with Gasteiger partial charge in [0.1, 0.15) is 12.1 Å². The molecule has 2 heterocycles. The van der Waals surface area contributed by atoms with Crippen molar-refractivity contribution in [2.24, 2.45) is 11.1 Å². The lowest BCUT2D eigenvalue weighted by Gasteiger charge is -2.63. The number of nitrogens with zero attached hydrogens (tertiary/aromatic N) is 2. The number of ether oxygens (including phenoxy) is 1. The fourth-order valence-corrected chi connectivity index (χ4v) is 6.56. The molecule has 6 nitrogen and oxygen atoms in total. The molecule has 1 aromatic carbocycles. The zero-order valence-corrected chi connectivity index (χ0v) is 14.7. The van der Waals surface area contributed by atoms with Gasteiger partial charge in [0.25, 0.3) is 0 Å². The predicted octanol–water partition coefficient (Wildman–Crippen LogP) is 2.09. The SMILES string of the molecule is O=NC1CCC2(O)C3Cc4ccc(O)c5c4C2(CCN3CC2CC2)C1O5. The number of likely N-dealkylation sites (tertiary alicyclic amines) is 1. The maximum atomic E-state index is 12.1. The van der Waals surface area contributed by atoms with Gasteiger partial charge in [0.15, 0.2) is 11.5 Å². The number of aliphatic hydroxyl groups is 1. The summed E-state index contributed by atoms with van der Waals surface area (Å²) in [6.07, 6.45) is 4.78. The molecular formula is C20H24N2O4. The standard InChI is InChI=1S/C20H24N2O4/c23-14-4-3-12-9-15-20(24)6-5-13(21-25)18-19(20,16(12)17(14)26-18)7-8-22(15)10-11-1-2-11/h3-4,11,13,15,18,23-24H,1-2,5-10H2. The first-order valence-corrected chi connectivity index (χ1v) is 9.89. The molecule has 0 radical (unpaired) electrons. The van der Waals surface area contributed by atoms with E-state index in [-0.39, 0.29) is 11.8 Å². The summed E-state index contributed by atoms with van der Waals surface area (Å²) in [5, 5.41) is 25.8. The molecule has 0 amide bonds. The van der Waals surface area contributed by atoms with Gasteiger partial charge in [-0.25, -0.2) is 0 Å². The van der Waals surface area contributed by atoms with Gasteiger partial charge in [-0.2, -0.15) is 4.91 Å². The Morgan fingerprint density at radius 2 is 2.12 bits per heavy atom. The minimum Gasteiger partial charge on any atom is -0.504 e. The molecule has 26 heavy (non-hydrogen) atoms. The van der Waals surface area contributed by atoms with Crippen molar-refractivity contribution in [2.75, 3.05) is 13.1 Å². The highest BCUT2D eigenvalue weighted by Gasteiger charge is 2.73. The van der Waals surface area contributed by atoms with Crippen LogP contribution in [0.15, 0.2) is 17.3 Å². The minimum absolute atomic E-state index is 0.0542. The smallest absolute Gasteiger partial charge is 0.165 e. The molecule has 0 aromatic heterocycles. The van der Waals surface area contributed by atoms with Crippen LogP contribution in [0.5, 0.6) is 11.5 Å². The maximum absolute atomic E-state index is 12.1. The topological polar surface area (TPSA) is 82.4 Å². The fraction of sp³-hybridized carbons (Fsp3) is 0.700. The predicted molar refractivity (Wildman–Crippen MR) is 94.4 cm³/mol. The van der Waals surface area contributed by atoms with Crippen molar-refractivity contribution < 1.29 is 14.9 Å².